The lowest BCUT2D eigenvalue weighted by Gasteiger charge is -2.09. The van der Waals surface area contributed by atoms with Crippen molar-refractivity contribution in [3.8, 4) is 11.5 Å². The SMILES string of the molecule is COc1cc(O)cc(C(=O)OCC(O)CO)c1. The number of ether oxygens (including phenoxy) is 2. The van der Waals surface area contributed by atoms with E-state index in [1.807, 2.05) is 0 Å². The van der Waals surface area contributed by atoms with Gasteiger partial charge in [-0.3, -0.25) is 0 Å². The Labute approximate surface area is 98.0 Å². The minimum Gasteiger partial charge on any atom is -0.508 e. The molecule has 0 aliphatic heterocycles. The van der Waals surface area contributed by atoms with Gasteiger partial charge in [-0.05, 0) is 12.1 Å². The molecule has 0 fully saturated rings. The number of rotatable bonds is 5. The molecule has 0 amide bonds. The van der Waals surface area contributed by atoms with Gasteiger partial charge in [0.1, 0.15) is 24.2 Å². The van der Waals surface area contributed by atoms with Crippen molar-refractivity contribution in [3.63, 3.8) is 0 Å². The van der Waals surface area contributed by atoms with Gasteiger partial charge in [0.25, 0.3) is 0 Å². The number of hydrogen-bond acceptors (Lipinski definition) is 6. The monoisotopic (exact) mass is 242 g/mol. The second kappa shape index (κ2) is 6.07. The van der Waals surface area contributed by atoms with Crippen LogP contribution in [0.25, 0.3) is 0 Å². The van der Waals surface area contributed by atoms with Crippen LogP contribution in [0.4, 0.5) is 0 Å². The number of methoxy groups -OCH3 is 1. The van der Waals surface area contributed by atoms with Crippen molar-refractivity contribution in [2.24, 2.45) is 0 Å². The summed E-state index contributed by atoms with van der Waals surface area (Å²) in [4.78, 5) is 11.5. The van der Waals surface area contributed by atoms with Gasteiger partial charge in [-0.1, -0.05) is 0 Å². The maximum absolute atomic E-state index is 11.5. The fraction of sp³-hybridized carbons (Fsp3) is 0.364. The highest BCUT2D eigenvalue weighted by Gasteiger charge is 2.12. The van der Waals surface area contributed by atoms with E-state index in [-0.39, 0.29) is 17.9 Å². The van der Waals surface area contributed by atoms with Gasteiger partial charge in [-0.2, -0.15) is 0 Å². The van der Waals surface area contributed by atoms with Gasteiger partial charge < -0.3 is 24.8 Å². The number of phenolic OH excluding ortho intramolecular Hbond substituents is 1. The summed E-state index contributed by atoms with van der Waals surface area (Å²) in [7, 11) is 1.40. The highest BCUT2D eigenvalue weighted by Crippen LogP contribution is 2.21. The topological polar surface area (TPSA) is 96.2 Å². The Bertz CT molecular complexity index is 390. The number of esters is 1. The zero-order valence-corrected chi connectivity index (χ0v) is 9.29. The van der Waals surface area contributed by atoms with Crippen molar-refractivity contribution in [1.29, 1.82) is 0 Å². The van der Waals surface area contributed by atoms with Gasteiger partial charge in [-0.25, -0.2) is 4.79 Å². The molecule has 0 aliphatic carbocycles. The first kappa shape index (κ1) is 13.3. The first-order valence-electron chi connectivity index (χ1n) is 4.91. The zero-order chi connectivity index (χ0) is 12.8. The summed E-state index contributed by atoms with van der Waals surface area (Å²) in [6, 6.07) is 3.96. The molecule has 0 saturated carbocycles. The number of carbonyl (C=O) groups is 1. The van der Waals surface area contributed by atoms with Gasteiger partial charge in [0, 0.05) is 6.07 Å². The second-order valence-corrected chi connectivity index (χ2v) is 3.35. The molecule has 1 unspecified atom stereocenters. The molecule has 0 saturated heterocycles. The Morgan fingerprint density at radius 3 is 2.71 bits per heavy atom. The van der Waals surface area contributed by atoms with Crippen LogP contribution in [0.5, 0.6) is 11.5 Å². The molecule has 0 aliphatic rings. The standard InChI is InChI=1S/C11H14O6/c1-16-10-3-7(2-8(13)4-10)11(15)17-6-9(14)5-12/h2-4,9,12-14H,5-6H2,1H3. The summed E-state index contributed by atoms with van der Waals surface area (Å²) in [5, 5.41) is 26.9. The molecule has 0 aromatic heterocycles. The van der Waals surface area contributed by atoms with Crippen LogP contribution >= 0.6 is 0 Å². The summed E-state index contributed by atoms with van der Waals surface area (Å²) in [6.07, 6.45) is -1.11. The molecule has 0 spiro atoms. The molecule has 0 radical (unpaired) electrons. The molecule has 0 bridgehead atoms. The molecule has 0 heterocycles. The fourth-order valence-electron chi connectivity index (χ4n) is 1.13. The van der Waals surface area contributed by atoms with E-state index in [0.717, 1.165) is 0 Å². The molecule has 17 heavy (non-hydrogen) atoms. The summed E-state index contributed by atoms with van der Waals surface area (Å²) < 4.78 is 9.60. The summed E-state index contributed by atoms with van der Waals surface area (Å²) in [6.45, 7) is -0.802. The highest BCUT2D eigenvalue weighted by atomic mass is 16.5. The minimum absolute atomic E-state index is 0.104. The molecule has 1 atom stereocenters. The van der Waals surface area contributed by atoms with Crippen LogP contribution in [0.2, 0.25) is 0 Å². The Morgan fingerprint density at radius 1 is 1.41 bits per heavy atom. The highest BCUT2D eigenvalue weighted by molar-refractivity contribution is 5.90. The quantitative estimate of drug-likeness (QED) is 0.624. The average molecular weight is 242 g/mol. The van der Waals surface area contributed by atoms with Crippen molar-refractivity contribution >= 4 is 5.97 Å². The molecule has 1 rings (SSSR count). The lowest BCUT2D eigenvalue weighted by Crippen LogP contribution is -2.21. The number of phenols is 1. The molecular formula is C11H14O6. The van der Waals surface area contributed by atoms with E-state index in [9.17, 15) is 9.90 Å². The van der Waals surface area contributed by atoms with Crippen LogP contribution in [0.15, 0.2) is 18.2 Å². The normalized spacial score (nSPS) is 11.9. The van der Waals surface area contributed by atoms with Crippen LogP contribution in [0.1, 0.15) is 10.4 Å². The maximum Gasteiger partial charge on any atom is 0.338 e. The van der Waals surface area contributed by atoms with Crippen molar-refractivity contribution in [2.45, 2.75) is 6.10 Å². The minimum atomic E-state index is -1.11. The smallest absolute Gasteiger partial charge is 0.338 e. The number of aliphatic hydroxyl groups is 2. The Hall–Kier alpha value is -1.79. The maximum atomic E-state index is 11.5. The van der Waals surface area contributed by atoms with Crippen molar-refractivity contribution in [1.82, 2.24) is 0 Å². The summed E-state index contributed by atoms with van der Waals surface area (Å²) >= 11 is 0. The largest absolute Gasteiger partial charge is 0.508 e. The van der Waals surface area contributed by atoms with Crippen LogP contribution in [0.3, 0.4) is 0 Å². The molecule has 94 valence electrons. The van der Waals surface area contributed by atoms with Crippen LogP contribution in [-0.4, -0.2) is 47.7 Å². The van der Waals surface area contributed by atoms with E-state index < -0.39 is 18.7 Å². The third-order valence-corrected chi connectivity index (χ3v) is 1.98. The van der Waals surface area contributed by atoms with Gasteiger partial charge >= 0.3 is 5.97 Å². The van der Waals surface area contributed by atoms with E-state index in [1.165, 1.54) is 25.3 Å². The third-order valence-electron chi connectivity index (χ3n) is 1.98. The van der Waals surface area contributed by atoms with E-state index in [0.29, 0.717) is 5.75 Å². The van der Waals surface area contributed by atoms with E-state index in [1.54, 1.807) is 0 Å². The van der Waals surface area contributed by atoms with E-state index in [4.69, 9.17) is 19.7 Å². The molecule has 6 heteroatoms. The lowest BCUT2D eigenvalue weighted by molar-refractivity contribution is 0.00928. The number of benzene rings is 1. The zero-order valence-electron chi connectivity index (χ0n) is 9.29. The number of aromatic hydroxyl groups is 1. The molecule has 6 nitrogen and oxygen atoms in total. The Kier molecular flexibility index (Phi) is 4.74. The van der Waals surface area contributed by atoms with Gasteiger partial charge in [0.2, 0.25) is 0 Å². The summed E-state index contributed by atoms with van der Waals surface area (Å²) in [5.74, 6) is -0.523. The number of carbonyl (C=O) groups excluding carboxylic acids is 1. The molecular weight excluding hydrogens is 228 g/mol. The third kappa shape index (κ3) is 3.93. The second-order valence-electron chi connectivity index (χ2n) is 3.35. The first-order valence-corrected chi connectivity index (χ1v) is 4.91. The first-order chi connectivity index (χ1) is 8.06. The van der Waals surface area contributed by atoms with Gasteiger partial charge in [0.15, 0.2) is 0 Å². The lowest BCUT2D eigenvalue weighted by atomic mass is 10.2. The molecule has 1 aromatic carbocycles. The van der Waals surface area contributed by atoms with Crippen LogP contribution < -0.4 is 4.74 Å². The van der Waals surface area contributed by atoms with Crippen molar-refractivity contribution < 1.29 is 29.6 Å². The van der Waals surface area contributed by atoms with Crippen molar-refractivity contribution in [2.75, 3.05) is 20.3 Å². The van der Waals surface area contributed by atoms with Crippen molar-refractivity contribution in [3.05, 3.63) is 23.8 Å². The Morgan fingerprint density at radius 2 is 2.12 bits per heavy atom. The number of aliphatic hydroxyl groups excluding tert-OH is 2. The van der Waals surface area contributed by atoms with E-state index in [2.05, 4.69) is 0 Å². The Balaban J connectivity index is 2.71. The summed E-state index contributed by atoms with van der Waals surface area (Å²) in [5.41, 5.74) is 0.104. The number of hydrogen-bond donors (Lipinski definition) is 3. The van der Waals surface area contributed by atoms with E-state index >= 15 is 0 Å². The van der Waals surface area contributed by atoms with Gasteiger partial charge in [-0.15, -0.1) is 0 Å². The molecule has 3 N–H and O–H groups in total. The van der Waals surface area contributed by atoms with Crippen LogP contribution in [-0.2, 0) is 4.74 Å². The molecule has 1 aromatic rings. The predicted molar refractivity (Wildman–Crippen MR) is 58.0 cm³/mol. The fourth-order valence-corrected chi connectivity index (χ4v) is 1.13. The van der Waals surface area contributed by atoms with Gasteiger partial charge in [0.05, 0.1) is 19.3 Å². The average Bonchev–Trinajstić information content (AvgIpc) is 2.34. The van der Waals surface area contributed by atoms with Crippen LogP contribution in [0, 0.1) is 0 Å². The predicted octanol–water partition coefficient (Wildman–Crippen LogP) is -0.0892.